The second-order valence-corrected chi connectivity index (χ2v) is 9.14. The Morgan fingerprint density at radius 2 is 2.06 bits per heavy atom. The molecular formula is C24H30N6O2. The summed E-state index contributed by atoms with van der Waals surface area (Å²) in [5, 5.41) is 14.2. The second kappa shape index (κ2) is 8.50. The van der Waals surface area contributed by atoms with E-state index in [9.17, 15) is 9.90 Å². The van der Waals surface area contributed by atoms with E-state index in [1.807, 2.05) is 21.7 Å². The van der Waals surface area contributed by atoms with Crippen LogP contribution in [0.25, 0.3) is 5.65 Å². The molecule has 2 saturated heterocycles. The number of nitrogens with zero attached hydrogens (tertiary/aromatic N) is 6. The number of aliphatic hydroxyl groups excluding tert-OH is 1. The summed E-state index contributed by atoms with van der Waals surface area (Å²) in [6.07, 6.45) is 6.12. The number of aliphatic hydroxyl groups is 1. The lowest BCUT2D eigenvalue weighted by atomic mass is 9.99. The molecule has 8 nitrogen and oxygen atoms in total. The van der Waals surface area contributed by atoms with Crippen LogP contribution in [-0.4, -0.2) is 55.1 Å². The van der Waals surface area contributed by atoms with Crippen LogP contribution < -0.4 is 4.90 Å². The van der Waals surface area contributed by atoms with Crippen molar-refractivity contribution in [1.82, 2.24) is 24.5 Å². The Labute approximate surface area is 187 Å². The molecule has 2 atom stereocenters. The lowest BCUT2D eigenvalue weighted by molar-refractivity contribution is 0.0599. The van der Waals surface area contributed by atoms with Gasteiger partial charge in [0.2, 0.25) is 0 Å². The summed E-state index contributed by atoms with van der Waals surface area (Å²) >= 11 is 0. The van der Waals surface area contributed by atoms with Gasteiger partial charge < -0.3 is 14.9 Å². The number of hydrogen-bond donors (Lipinski definition) is 1. The van der Waals surface area contributed by atoms with E-state index in [-0.39, 0.29) is 18.6 Å². The Morgan fingerprint density at radius 1 is 1.19 bits per heavy atom. The van der Waals surface area contributed by atoms with E-state index in [0.29, 0.717) is 23.9 Å². The number of amides is 1. The van der Waals surface area contributed by atoms with E-state index in [0.717, 1.165) is 55.1 Å². The van der Waals surface area contributed by atoms with E-state index in [1.165, 1.54) is 6.42 Å². The van der Waals surface area contributed by atoms with Crippen molar-refractivity contribution in [3.8, 4) is 0 Å². The minimum absolute atomic E-state index is 0.104. The Kier molecular flexibility index (Phi) is 5.55. The SMILES string of the molecule is Cc1cn2nc(C3CCCCN3C(=O)c3cccc(CO)n3)cc2nc1N1CC[C@H](C)C1. The van der Waals surface area contributed by atoms with E-state index >= 15 is 0 Å². The van der Waals surface area contributed by atoms with Crippen LogP contribution in [0.3, 0.4) is 0 Å². The average molecular weight is 435 g/mol. The molecule has 0 aliphatic carbocycles. The molecule has 0 radical (unpaired) electrons. The number of aromatic nitrogens is 4. The van der Waals surface area contributed by atoms with Crippen molar-refractivity contribution in [1.29, 1.82) is 0 Å². The molecule has 3 aromatic rings. The first-order valence-electron chi connectivity index (χ1n) is 11.5. The van der Waals surface area contributed by atoms with Gasteiger partial charge in [0, 0.05) is 37.5 Å². The van der Waals surface area contributed by atoms with Crippen molar-refractivity contribution in [3.63, 3.8) is 0 Å². The standard InChI is InChI=1S/C24H30N6O2/c1-16-9-11-28(13-16)23-17(2)14-30-22(26-23)12-20(27-30)21-8-3-4-10-29(21)24(32)19-7-5-6-18(15-31)25-19/h5-7,12,14,16,21,31H,3-4,8-11,13,15H2,1-2H3/t16-,21?/m0/s1. The number of carbonyl (C=O) groups is 1. The number of pyridine rings is 1. The monoisotopic (exact) mass is 434 g/mol. The summed E-state index contributed by atoms with van der Waals surface area (Å²) in [5.41, 5.74) is 3.67. The molecule has 0 aromatic carbocycles. The summed E-state index contributed by atoms with van der Waals surface area (Å²) in [6, 6.07) is 7.12. The van der Waals surface area contributed by atoms with E-state index in [2.05, 4.69) is 23.7 Å². The molecular weight excluding hydrogens is 404 g/mol. The number of piperidine rings is 1. The topological polar surface area (TPSA) is 86.9 Å². The van der Waals surface area contributed by atoms with Crippen molar-refractivity contribution in [3.05, 3.63) is 53.1 Å². The van der Waals surface area contributed by atoms with Crippen LogP contribution >= 0.6 is 0 Å². The number of fused-ring (bicyclic) bond motifs is 1. The van der Waals surface area contributed by atoms with Crippen LogP contribution in [0.4, 0.5) is 5.82 Å². The molecule has 2 aliphatic rings. The second-order valence-electron chi connectivity index (χ2n) is 9.14. The van der Waals surface area contributed by atoms with Crippen LogP contribution in [0.5, 0.6) is 0 Å². The highest BCUT2D eigenvalue weighted by atomic mass is 16.3. The Hall–Kier alpha value is -3.00. The predicted octanol–water partition coefficient (Wildman–Crippen LogP) is 3.14. The Bertz CT molecular complexity index is 1140. The van der Waals surface area contributed by atoms with Crippen LogP contribution in [-0.2, 0) is 6.61 Å². The molecule has 3 aromatic heterocycles. The fraction of sp³-hybridized carbons (Fsp3) is 0.500. The number of aryl methyl sites for hydroxylation is 1. The van der Waals surface area contributed by atoms with Crippen molar-refractivity contribution in [2.45, 2.75) is 52.2 Å². The highest BCUT2D eigenvalue weighted by molar-refractivity contribution is 5.92. The van der Waals surface area contributed by atoms with Gasteiger partial charge in [0.15, 0.2) is 5.65 Å². The van der Waals surface area contributed by atoms with Crippen molar-refractivity contribution in [2.75, 3.05) is 24.5 Å². The number of likely N-dealkylation sites (tertiary alicyclic amines) is 1. The first-order chi connectivity index (χ1) is 15.5. The summed E-state index contributed by atoms with van der Waals surface area (Å²) in [6.45, 7) is 6.94. The van der Waals surface area contributed by atoms with Crippen molar-refractivity contribution < 1.29 is 9.90 Å². The Morgan fingerprint density at radius 3 is 2.84 bits per heavy atom. The van der Waals surface area contributed by atoms with Crippen LogP contribution in [0, 0.1) is 12.8 Å². The van der Waals surface area contributed by atoms with Gasteiger partial charge in [-0.15, -0.1) is 0 Å². The molecule has 2 aliphatic heterocycles. The van der Waals surface area contributed by atoms with E-state index < -0.39 is 0 Å². The number of hydrogen-bond acceptors (Lipinski definition) is 6. The third-order valence-corrected chi connectivity index (χ3v) is 6.64. The first-order valence-corrected chi connectivity index (χ1v) is 11.5. The molecule has 8 heteroatoms. The molecule has 1 N–H and O–H groups in total. The van der Waals surface area contributed by atoms with Gasteiger partial charge in [0.1, 0.15) is 11.5 Å². The summed E-state index contributed by atoms with van der Waals surface area (Å²) in [7, 11) is 0. The maximum atomic E-state index is 13.3. The molecule has 1 amide bonds. The molecule has 1 unspecified atom stereocenters. The molecule has 32 heavy (non-hydrogen) atoms. The lowest BCUT2D eigenvalue weighted by Crippen LogP contribution is -2.39. The summed E-state index contributed by atoms with van der Waals surface area (Å²) in [4.78, 5) is 26.8. The third-order valence-electron chi connectivity index (χ3n) is 6.64. The van der Waals surface area contributed by atoms with Gasteiger partial charge >= 0.3 is 0 Å². The van der Waals surface area contributed by atoms with Crippen molar-refractivity contribution >= 4 is 17.4 Å². The number of carbonyl (C=O) groups excluding carboxylic acids is 1. The van der Waals surface area contributed by atoms with Gasteiger partial charge in [-0.05, 0) is 50.7 Å². The molecule has 2 fully saturated rings. The summed E-state index contributed by atoms with van der Waals surface area (Å²) < 4.78 is 1.84. The fourth-order valence-corrected chi connectivity index (χ4v) is 4.95. The minimum Gasteiger partial charge on any atom is -0.390 e. The van der Waals surface area contributed by atoms with E-state index in [1.54, 1.807) is 18.2 Å². The number of anilines is 1. The van der Waals surface area contributed by atoms with E-state index in [4.69, 9.17) is 10.1 Å². The molecule has 5 heterocycles. The van der Waals surface area contributed by atoms with Gasteiger partial charge in [-0.1, -0.05) is 13.0 Å². The minimum atomic E-state index is -0.180. The zero-order valence-electron chi connectivity index (χ0n) is 18.7. The van der Waals surface area contributed by atoms with Crippen LogP contribution in [0.15, 0.2) is 30.5 Å². The van der Waals surface area contributed by atoms with Gasteiger partial charge in [0.25, 0.3) is 5.91 Å². The van der Waals surface area contributed by atoms with Crippen LogP contribution in [0.2, 0.25) is 0 Å². The highest BCUT2D eigenvalue weighted by Gasteiger charge is 2.31. The van der Waals surface area contributed by atoms with Gasteiger partial charge in [-0.25, -0.2) is 14.5 Å². The molecule has 5 rings (SSSR count). The van der Waals surface area contributed by atoms with Gasteiger partial charge in [-0.3, -0.25) is 4.79 Å². The predicted molar refractivity (Wildman–Crippen MR) is 122 cm³/mol. The molecule has 0 saturated carbocycles. The molecule has 168 valence electrons. The largest absolute Gasteiger partial charge is 0.390 e. The quantitative estimate of drug-likeness (QED) is 0.679. The van der Waals surface area contributed by atoms with Gasteiger partial charge in [0.05, 0.1) is 24.0 Å². The van der Waals surface area contributed by atoms with Crippen molar-refractivity contribution in [2.24, 2.45) is 5.92 Å². The normalized spacial score (nSPS) is 21.5. The zero-order valence-corrected chi connectivity index (χ0v) is 18.7. The zero-order chi connectivity index (χ0) is 22.2. The maximum absolute atomic E-state index is 13.3. The smallest absolute Gasteiger partial charge is 0.273 e. The van der Waals surface area contributed by atoms with Crippen LogP contribution in [0.1, 0.15) is 66.1 Å². The first kappa shape index (κ1) is 20.9. The number of rotatable bonds is 4. The fourth-order valence-electron chi connectivity index (χ4n) is 4.95. The maximum Gasteiger partial charge on any atom is 0.273 e. The molecule has 0 bridgehead atoms. The Balaban J connectivity index is 1.46. The summed E-state index contributed by atoms with van der Waals surface area (Å²) in [5.74, 6) is 1.61. The highest BCUT2D eigenvalue weighted by Crippen LogP contribution is 2.32. The third kappa shape index (κ3) is 3.83. The lowest BCUT2D eigenvalue weighted by Gasteiger charge is -2.34. The molecule has 0 spiro atoms. The van der Waals surface area contributed by atoms with Gasteiger partial charge in [-0.2, -0.15) is 5.10 Å². The average Bonchev–Trinajstić information content (AvgIpc) is 3.43.